The van der Waals surface area contributed by atoms with Crippen molar-refractivity contribution < 1.29 is 4.79 Å². The van der Waals surface area contributed by atoms with Gasteiger partial charge < -0.3 is 5.32 Å². The smallest absolute Gasteiger partial charge is 0.161 e. The Morgan fingerprint density at radius 2 is 2.09 bits per heavy atom. The Morgan fingerprint density at radius 1 is 1.30 bits per heavy atom. The average molecular weight is 324 g/mol. The van der Waals surface area contributed by atoms with Crippen molar-refractivity contribution in [3.8, 4) is 6.07 Å². The van der Waals surface area contributed by atoms with Crippen LogP contribution in [-0.2, 0) is 11.2 Å². The Morgan fingerprint density at radius 3 is 2.78 bits per heavy atom. The van der Waals surface area contributed by atoms with Crippen LogP contribution < -0.4 is 5.32 Å². The molecule has 0 amide bonds. The van der Waals surface area contributed by atoms with Crippen LogP contribution in [0.25, 0.3) is 0 Å². The summed E-state index contributed by atoms with van der Waals surface area (Å²) in [5.74, 6) is 0.996. The van der Waals surface area contributed by atoms with Gasteiger partial charge in [-0.1, -0.05) is 37.3 Å². The Labute approximate surface area is 141 Å². The normalized spacial score (nSPS) is 20.9. The molecule has 0 saturated heterocycles. The van der Waals surface area contributed by atoms with Gasteiger partial charge in [0, 0.05) is 23.6 Å². The monoisotopic (exact) mass is 324 g/mol. The molecule has 1 aliphatic heterocycles. The van der Waals surface area contributed by atoms with Crippen LogP contribution in [0.1, 0.15) is 31.7 Å². The minimum absolute atomic E-state index is 0.111. The van der Waals surface area contributed by atoms with Crippen molar-refractivity contribution in [1.29, 1.82) is 5.26 Å². The van der Waals surface area contributed by atoms with Gasteiger partial charge in [-0.25, -0.2) is 0 Å². The number of dihydropyridines is 1. The van der Waals surface area contributed by atoms with Crippen LogP contribution in [0.15, 0.2) is 52.2 Å². The van der Waals surface area contributed by atoms with Crippen molar-refractivity contribution in [2.45, 2.75) is 32.6 Å². The van der Waals surface area contributed by atoms with Gasteiger partial charge in [-0.05, 0) is 30.6 Å². The summed E-state index contributed by atoms with van der Waals surface area (Å²) in [5, 5.41) is 14.0. The predicted octanol–water partition coefficient (Wildman–Crippen LogP) is 3.94. The second kappa shape index (κ2) is 7.06. The molecule has 0 fully saturated rings. The highest BCUT2D eigenvalue weighted by Crippen LogP contribution is 2.39. The van der Waals surface area contributed by atoms with E-state index in [9.17, 15) is 10.1 Å². The molecule has 1 atom stereocenters. The zero-order chi connectivity index (χ0) is 16.2. The summed E-state index contributed by atoms with van der Waals surface area (Å²) < 4.78 is 0. The van der Waals surface area contributed by atoms with E-state index in [1.54, 1.807) is 11.8 Å². The first-order valence-corrected chi connectivity index (χ1v) is 9.07. The van der Waals surface area contributed by atoms with Crippen molar-refractivity contribution in [3.63, 3.8) is 0 Å². The largest absolute Gasteiger partial charge is 0.352 e. The second-order valence-electron chi connectivity index (χ2n) is 5.82. The minimum atomic E-state index is -0.111. The van der Waals surface area contributed by atoms with Crippen molar-refractivity contribution in [3.05, 3.63) is 57.8 Å². The third-order valence-electron chi connectivity index (χ3n) is 4.35. The summed E-state index contributed by atoms with van der Waals surface area (Å²) in [6.07, 6.45) is 3.11. The molecule has 3 rings (SSSR count). The van der Waals surface area contributed by atoms with Gasteiger partial charge in [0.15, 0.2) is 5.78 Å². The molecule has 1 aromatic carbocycles. The maximum atomic E-state index is 12.5. The minimum Gasteiger partial charge on any atom is -0.352 e. The Hall–Kier alpha value is -1.99. The molecule has 23 heavy (non-hydrogen) atoms. The fourth-order valence-electron chi connectivity index (χ4n) is 3.35. The highest BCUT2D eigenvalue weighted by Gasteiger charge is 2.35. The number of Topliss-reactive ketones (excluding diaryl/α,β-unsaturated/α-hetero) is 1. The van der Waals surface area contributed by atoms with Crippen LogP contribution in [-0.4, -0.2) is 11.5 Å². The number of carbonyl (C=O) groups excluding carboxylic acids is 1. The van der Waals surface area contributed by atoms with Crippen LogP contribution in [0.5, 0.6) is 0 Å². The first-order valence-electron chi connectivity index (χ1n) is 8.08. The van der Waals surface area contributed by atoms with E-state index in [0.29, 0.717) is 12.8 Å². The van der Waals surface area contributed by atoms with E-state index in [4.69, 9.17) is 0 Å². The number of hydrogen-bond donors (Lipinski definition) is 1. The molecule has 118 valence electrons. The molecule has 3 nitrogen and oxygen atoms in total. The Kier molecular flexibility index (Phi) is 4.88. The fraction of sp³-hybridized carbons (Fsp3) is 0.368. The summed E-state index contributed by atoms with van der Waals surface area (Å²) in [6.45, 7) is 2.08. The quantitative estimate of drug-likeness (QED) is 0.911. The van der Waals surface area contributed by atoms with Gasteiger partial charge in [0.25, 0.3) is 0 Å². The summed E-state index contributed by atoms with van der Waals surface area (Å²) >= 11 is 1.66. The third-order valence-corrected chi connectivity index (χ3v) is 5.25. The van der Waals surface area contributed by atoms with Gasteiger partial charge >= 0.3 is 0 Å². The number of carbonyl (C=O) groups is 1. The van der Waals surface area contributed by atoms with E-state index in [1.807, 2.05) is 18.2 Å². The van der Waals surface area contributed by atoms with Crippen LogP contribution in [0, 0.1) is 17.2 Å². The number of thioether (sulfide) groups is 1. The number of allylic oxidation sites excluding steroid dienone is 3. The fourth-order valence-corrected chi connectivity index (χ4v) is 4.17. The van der Waals surface area contributed by atoms with Crippen LogP contribution >= 0.6 is 11.8 Å². The molecule has 0 saturated carbocycles. The first kappa shape index (κ1) is 15.9. The molecule has 2 aliphatic rings. The average Bonchev–Trinajstić information content (AvgIpc) is 2.56. The van der Waals surface area contributed by atoms with E-state index in [-0.39, 0.29) is 11.7 Å². The van der Waals surface area contributed by atoms with E-state index in [2.05, 4.69) is 30.4 Å². The van der Waals surface area contributed by atoms with Gasteiger partial charge in [-0.15, -0.1) is 11.8 Å². The van der Waals surface area contributed by atoms with Gasteiger partial charge in [-0.3, -0.25) is 4.79 Å². The summed E-state index contributed by atoms with van der Waals surface area (Å²) in [6, 6.07) is 12.5. The SMILES string of the molecule is CCSC1=C(C#N)[C@H](Cc2ccccc2)C2=C(CCCC2=O)N1. The standard InChI is InChI=1S/C19H20N2OS/c1-2-23-19-15(12-20)14(11-13-7-4-3-5-8-13)18-16(21-19)9-6-10-17(18)22/h3-5,7-8,14,21H,2,6,9-11H2,1H3/t14-/m0/s1. The first-order chi connectivity index (χ1) is 11.2. The number of hydrogen-bond acceptors (Lipinski definition) is 4. The summed E-state index contributed by atoms with van der Waals surface area (Å²) in [4.78, 5) is 12.5. The molecule has 1 N–H and O–H groups in total. The zero-order valence-electron chi connectivity index (χ0n) is 13.3. The lowest BCUT2D eigenvalue weighted by atomic mass is 9.77. The van der Waals surface area contributed by atoms with Crippen LogP contribution in [0.3, 0.4) is 0 Å². The number of nitrogens with one attached hydrogen (secondary N) is 1. The summed E-state index contributed by atoms with van der Waals surface area (Å²) in [5.41, 5.74) is 3.77. The number of nitrogens with zero attached hydrogens (tertiary/aromatic N) is 1. The highest BCUT2D eigenvalue weighted by atomic mass is 32.2. The lowest BCUT2D eigenvalue weighted by Crippen LogP contribution is -2.33. The zero-order valence-corrected chi connectivity index (χ0v) is 14.1. The number of rotatable bonds is 4. The van der Waals surface area contributed by atoms with E-state index in [1.165, 1.54) is 5.56 Å². The predicted molar refractivity (Wildman–Crippen MR) is 93.4 cm³/mol. The molecule has 0 bridgehead atoms. The Balaban J connectivity index is 2.03. The van der Waals surface area contributed by atoms with E-state index in [0.717, 1.165) is 40.5 Å². The van der Waals surface area contributed by atoms with Crippen molar-refractivity contribution in [2.75, 3.05) is 5.75 Å². The summed E-state index contributed by atoms with van der Waals surface area (Å²) in [7, 11) is 0. The maximum Gasteiger partial charge on any atom is 0.161 e. The van der Waals surface area contributed by atoms with Gasteiger partial charge in [0.2, 0.25) is 0 Å². The van der Waals surface area contributed by atoms with Crippen LogP contribution in [0.2, 0.25) is 0 Å². The highest BCUT2D eigenvalue weighted by molar-refractivity contribution is 8.03. The van der Waals surface area contributed by atoms with Gasteiger partial charge in [0.05, 0.1) is 16.7 Å². The second-order valence-corrected chi connectivity index (χ2v) is 7.10. The molecule has 0 unspecified atom stereocenters. The van der Waals surface area contributed by atoms with Crippen molar-refractivity contribution >= 4 is 17.5 Å². The molecule has 1 aliphatic carbocycles. The van der Waals surface area contributed by atoms with Crippen molar-refractivity contribution in [1.82, 2.24) is 5.32 Å². The Bertz CT molecular complexity index is 713. The molecule has 4 heteroatoms. The lowest BCUT2D eigenvalue weighted by Gasteiger charge is -2.33. The molecule has 1 heterocycles. The lowest BCUT2D eigenvalue weighted by molar-refractivity contribution is -0.116. The third kappa shape index (κ3) is 3.20. The molecule has 0 spiro atoms. The molecule has 0 aromatic heterocycles. The number of nitriles is 1. The number of benzene rings is 1. The maximum absolute atomic E-state index is 12.5. The number of ketones is 1. The topological polar surface area (TPSA) is 52.9 Å². The van der Waals surface area contributed by atoms with E-state index >= 15 is 0 Å². The van der Waals surface area contributed by atoms with Crippen molar-refractivity contribution in [2.24, 2.45) is 5.92 Å². The molecular formula is C19H20N2OS. The van der Waals surface area contributed by atoms with Gasteiger partial charge in [0.1, 0.15) is 0 Å². The van der Waals surface area contributed by atoms with Crippen LogP contribution in [0.4, 0.5) is 0 Å². The molecule has 1 aromatic rings. The van der Waals surface area contributed by atoms with E-state index < -0.39 is 0 Å². The van der Waals surface area contributed by atoms with Gasteiger partial charge in [-0.2, -0.15) is 5.26 Å². The molecular weight excluding hydrogens is 304 g/mol. The molecule has 0 radical (unpaired) electrons.